The highest BCUT2D eigenvalue weighted by atomic mass is 15.1. The van der Waals surface area contributed by atoms with E-state index in [4.69, 9.17) is 0 Å². The SMILES string of the molecule is C=C(CCC)Cn1cc(C)c2c1C=CN(C)C2=C. The molecule has 96 valence electrons. The number of allylic oxidation sites excluding steroid dienone is 1. The maximum Gasteiger partial charge on any atom is 0.0521 e. The van der Waals surface area contributed by atoms with Crippen LogP contribution < -0.4 is 0 Å². The minimum absolute atomic E-state index is 0.908. The summed E-state index contributed by atoms with van der Waals surface area (Å²) in [4.78, 5) is 2.07. The Morgan fingerprint density at radius 2 is 2.11 bits per heavy atom. The number of rotatable bonds is 4. The fraction of sp³-hybridized carbons (Fsp3) is 0.375. The van der Waals surface area contributed by atoms with E-state index in [-0.39, 0.29) is 0 Å². The molecule has 2 heterocycles. The number of nitrogens with zero attached hydrogens (tertiary/aromatic N) is 2. The summed E-state index contributed by atoms with van der Waals surface area (Å²) in [6.07, 6.45) is 8.70. The fourth-order valence-corrected chi connectivity index (χ4v) is 2.52. The molecule has 1 aromatic heterocycles. The van der Waals surface area contributed by atoms with Crippen molar-refractivity contribution in [3.63, 3.8) is 0 Å². The minimum Gasteiger partial charge on any atom is -0.351 e. The van der Waals surface area contributed by atoms with Gasteiger partial charge in [-0.05, 0) is 25.0 Å². The quantitative estimate of drug-likeness (QED) is 0.723. The van der Waals surface area contributed by atoms with Gasteiger partial charge in [-0.1, -0.05) is 32.1 Å². The molecule has 18 heavy (non-hydrogen) atoms. The molecule has 0 aliphatic carbocycles. The Labute approximate surface area is 110 Å². The molecule has 0 unspecified atom stereocenters. The molecule has 0 atom stereocenters. The number of aromatic nitrogens is 1. The van der Waals surface area contributed by atoms with Crippen LogP contribution in [-0.2, 0) is 6.54 Å². The average Bonchev–Trinajstić information content (AvgIpc) is 2.61. The summed E-state index contributed by atoms with van der Waals surface area (Å²) < 4.78 is 2.29. The van der Waals surface area contributed by atoms with Gasteiger partial charge in [-0.2, -0.15) is 0 Å². The Hall–Kier alpha value is -1.70. The fourth-order valence-electron chi connectivity index (χ4n) is 2.52. The molecule has 1 aliphatic heterocycles. The van der Waals surface area contributed by atoms with Crippen LogP contribution in [0.4, 0.5) is 0 Å². The van der Waals surface area contributed by atoms with Crippen LogP contribution in [0, 0.1) is 6.92 Å². The molecule has 0 radical (unpaired) electrons. The van der Waals surface area contributed by atoms with Gasteiger partial charge in [0.2, 0.25) is 0 Å². The van der Waals surface area contributed by atoms with Gasteiger partial charge in [-0.3, -0.25) is 0 Å². The molecule has 0 spiro atoms. The van der Waals surface area contributed by atoms with E-state index in [1.54, 1.807) is 0 Å². The van der Waals surface area contributed by atoms with Gasteiger partial charge < -0.3 is 9.47 Å². The lowest BCUT2D eigenvalue weighted by Crippen LogP contribution is -2.14. The van der Waals surface area contributed by atoms with Crippen LogP contribution in [-0.4, -0.2) is 16.5 Å². The average molecular weight is 242 g/mol. The zero-order valence-electron chi connectivity index (χ0n) is 11.7. The summed E-state index contributed by atoms with van der Waals surface area (Å²) >= 11 is 0. The molecule has 0 amide bonds. The first-order chi connectivity index (χ1) is 8.54. The molecule has 2 rings (SSSR count). The zero-order valence-corrected chi connectivity index (χ0v) is 11.7. The molecular weight excluding hydrogens is 220 g/mol. The van der Waals surface area contributed by atoms with Gasteiger partial charge in [-0.15, -0.1) is 0 Å². The Morgan fingerprint density at radius 3 is 2.78 bits per heavy atom. The highest BCUT2D eigenvalue weighted by Crippen LogP contribution is 2.31. The Kier molecular flexibility index (Phi) is 3.46. The van der Waals surface area contributed by atoms with Crippen LogP contribution >= 0.6 is 0 Å². The summed E-state index contributed by atoms with van der Waals surface area (Å²) in [7, 11) is 2.04. The van der Waals surface area contributed by atoms with E-state index in [2.05, 4.69) is 54.9 Å². The number of hydrogen-bond donors (Lipinski definition) is 0. The lowest BCUT2D eigenvalue weighted by Gasteiger charge is -2.23. The van der Waals surface area contributed by atoms with Gasteiger partial charge in [0.05, 0.1) is 5.69 Å². The van der Waals surface area contributed by atoms with E-state index >= 15 is 0 Å². The Morgan fingerprint density at radius 1 is 1.39 bits per heavy atom. The Bertz CT molecular complexity index is 517. The van der Waals surface area contributed by atoms with E-state index in [0.29, 0.717) is 0 Å². The summed E-state index contributed by atoms with van der Waals surface area (Å²) in [5.41, 5.74) is 6.17. The van der Waals surface area contributed by atoms with Gasteiger partial charge in [-0.25, -0.2) is 0 Å². The van der Waals surface area contributed by atoms with Crippen molar-refractivity contribution in [1.82, 2.24) is 9.47 Å². The molecule has 0 saturated heterocycles. The van der Waals surface area contributed by atoms with Crippen molar-refractivity contribution in [2.75, 3.05) is 7.05 Å². The van der Waals surface area contributed by atoms with Gasteiger partial charge in [0.25, 0.3) is 0 Å². The molecule has 1 aromatic rings. The van der Waals surface area contributed by atoms with Crippen molar-refractivity contribution in [3.8, 4) is 0 Å². The molecule has 2 nitrogen and oxygen atoms in total. The van der Waals surface area contributed by atoms with E-state index in [1.807, 2.05) is 7.05 Å². The van der Waals surface area contributed by atoms with Crippen molar-refractivity contribution in [2.45, 2.75) is 33.2 Å². The molecule has 0 aromatic carbocycles. The molecule has 1 aliphatic rings. The highest BCUT2D eigenvalue weighted by molar-refractivity contribution is 5.77. The van der Waals surface area contributed by atoms with Crippen LogP contribution in [0.15, 0.2) is 31.1 Å². The van der Waals surface area contributed by atoms with Crippen molar-refractivity contribution >= 4 is 11.8 Å². The second-order valence-corrected chi connectivity index (χ2v) is 5.07. The van der Waals surface area contributed by atoms with E-state index < -0.39 is 0 Å². The second-order valence-electron chi connectivity index (χ2n) is 5.07. The summed E-state index contributed by atoms with van der Waals surface area (Å²) in [5.74, 6) is 0. The van der Waals surface area contributed by atoms with Gasteiger partial charge in [0.15, 0.2) is 0 Å². The van der Waals surface area contributed by atoms with E-state index in [9.17, 15) is 0 Å². The van der Waals surface area contributed by atoms with Crippen LogP contribution in [0.25, 0.3) is 11.8 Å². The first-order valence-corrected chi connectivity index (χ1v) is 6.51. The van der Waals surface area contributed by atoms with Crippen LogP contribution in [0.3, 0.4) is 0 Å². The smallest absolute Gasteiger partial charge is 0.0521 e. The van der Waals surface area contributed by atoms with Crippen LogP contribution in [0.1, 0.15) is 36.6 Å². The van der Waals surface area contributed by atoms with E-state index in [0.717, 1.165) is 25.1 Å². The van der Waals surface area contributed by atoms with Crippen molar-refractivity contribution in [2.24, 2.45) is 0 Å². The summed E-state index contributed by atoms with van der Waals surface area (Å²) in [6.45, 7) is 13.6. The zero-order chi connectivity index (χ0) is 13.3. The van der Waals surface area contributed by atoms with Gasteiger partial charge >= 0.3 is 0 Å². The lowest BCUT2D eigenvalue weighted by molar-refractivity contribution is 0.650. The van der Waals surface area contributed by atoms with Crippen molar-refractivity contribution < 1.29 is 0 Å². The van der Waals surface area contributed by atoms with Crippen LogP contribution in [0.5, 0.6) is 0 Å². The molecule has 0 N–H and O–H groups in total. The molecule has 2 heteroatoms. The highest BCUT2D eigenvalue weighted by Gasteiger charge is 2.19. The standard InChI is InChI=1S/C16H22N2/c1-6-7-12(2)10-18-11-13(3)16-14(4)17(5)9-8-15(16)18/h8-9,11H,2,4,6-7,10H2,1,3,5H3. The predicted molar refractivity (Wildman–Crippen MR) is 79.0 cm³/mol. The Balaban J connectivity index is 2.34. The largest absolute Gasteiger partial charge is 0.351 e. The second kappa shape index (κ2) is 4.89. The van der Waals surface area contributed by atoms with Crippen LogP contribution in [0.2, 0.25) is 0 Å². The predicted octanol–water partition coefficient (Wildman–Crippen LogP) is 4.04. The van der Waals surface area contributed by atoms with E-state index in [1.165, 1.54) is 22.4 Å². The molecular formula is C16H22N2. The monoisotopic (exact) mass is 242 g/mol. The first kappa shape index (κ1) is 12.7. The maximum absolute atomic E-state index is 4.17. The third-order valence-corrected chi connectivity index (χ3v) is 3.48. The van der Waals surface area contributed by atoms with Crippen molar-refractivity contribution in [1.29, 1.82) is 0 Å². The van der Waals surface area contributed by atoms with Gasteiger partial charge in [0, 0.05) is 37.2 Å². The molecule has 0 fully saturated rings. The third kappa shape index (κ3) is 2.15. The molecule has 0 bridgehead atoms. The normalized spacial score (nSPS) is 13.9. The number of fused-ring (bicyclic) bond motifs is 1. The van der Waals surface area contributed by atoms with Gasteiger partial charge in [0.1, 0.15) is 0 Å². The number of hydrogen-bond acceptors (Lipinski definition) is 1. The lowest BCUT2D eigenvalue weighted by atomic mass is 10.1. The summed E-state index contributed by atoms with van der Waals surface area (Å²) in [5, 5.41) is 0. The van der Waals surface area contributed by atoms with Crippen molar-refractivity contribution in [3.05, 3.63) is 47.9 Å². The number of aryl methyl sites for hydroxylation is 1. The third-order valence-electron chi connectivity index (χ3n) is 3.48. The molecule has 0 saturated carbocycles. The first-order valence-electron chi connectivity index (χ1n) is 6.51. The maximum atomic E-state index is 4.17. The topological polar surface area (TPSA) is 8.17 Å². The minimum atomic E-state index is 0.908. The summed E-state index contributed by atoms with van der Waals surface area (Å²) in [6, 6.07) is 0.